The summed E-state index contributed by atoms with van der Waals surface area (Å²) in [6.07, 6.45) is 2.07. The van der Waals surface area contributed by atoms with Crippen LogP contribution >= 0.6 is 0 Å². The molecule has 140 valence electrons. The van der Waals surface area contributed by atoms with E-state index in [2.05, 4.69) is 11.4 Å². The Bertz CT molecular complexity index is 889. The number of methoxy groups -OCH3 is 1. The van der Waals surface area contributed by atoms with Crippen molar-refractivity contribution in [1.29, 1.82) is 0 Å². The molecular formula is C22H24N2O3. The van der Waals surface area contributed by atoms with Crippen molar-refractivity contribution in [3.05, 3.63) is 65.2 Å². The topological polar surface area (TPSA) is 58.6 Å². The van der Waals surface area contributed by atoms with Gasteiger partial charge in [0, 0.05) is 36.7 Å². The minimum Gasteiger partial charge on any atom is -0.496 e. The van der Waals surface area contributed by atoms with Crippen LogP contribution in [0.4, 0.5) is 0 Å². The second-order valence-corrected chi connectivity index (χ2v) is 7.52. The summed E-state index contributed by atoms with van der Waals surface area (Å²) < 4.78 is 5.51. The van der Waals surface area contributed by atoms with Gasteiger partial charge in [0.25, 0.3) is 5.91 Å². The van der Waals surface area contributed by atoms with Crippen LogP contribution < -0.4 is 10.1 Å². The number of rotatable bonds is 5. The van der Waals surface area contributed by atoms with E-state index in [-0.39, 0.29) is 23.1 Å². The Morgan fingerprint density at radius 2 is 1.89 bits per heavy atom. The molecule has 1 unspecified atom stereocenters. The van der Waals surface area contributed by atoms with Gasteiger partial charge < -0.3 is 15.0 Å². The summed E-state index contributed by atoms with van der Waals surface area (Å²) in [5, 5.41) is 3.15. The SMILES string of the molecule is COc1ccccc1C1(CNC(=O)C2CN(C)C(=O)c3ccccc32)CC1. The maximum absolute atomic E-state index is 13.0. The molecule has 1 heterocycles. The van der Waals surface area contributed by atoms with E-state index < -0.39 is 0 Å². The number of benzene rings is 2. The smallest absolute Gasteiger partial charge is 0.253 e. The fraction of sp³-hybridized carbons (Fsp3) is 0.364. The summed E-state index contributed by atoms with van der Waals surface area (Å²) in [4.78, 5) is 27.0. The Labute approximate surface area is 159 Å². The molecule has 4 rings (SSSR count). The van der Waals surface area contributed by atoms with Gasteiger partial charge in [-0.25, -0.2) is 0 Å². The highest BCUT2D eigenvalue weighted by Gasteiger charge is 2.46. The van der Waals surface area contributed by atoms with Crippen LogP contribution in [0.3, 0.4) is 0 Å². The van der Waals surface area contributed by atoms with Gasteiger partial charge in [-0.1, -0.05) is 36.4 Å². The van der Waals surface area contributed by atoms with Crippen LogP contribution in [0.15, 0.2) is 48.5 Å². The van der Waals surface area contributed by atoms with Gasteiger partial charge >= 0.3 is 0 Å². The molecule has 1 atom stereocenters. The quantitative estimate of drug-likeness (QED) is 0.887. The van der Waals surface area contributed by atoms with Gasteiger partial charge in [-0.15, -0.1) is 0 Å². The van der Waals surface area contributed by atoms with Crippen LogP contribution in [-0.2, 0) is 10.2 Å². The van der Waals surface area contributed by atoms with Crippen LogP contribution in [0.25, 0.3) is 0 Å². The van der Waals surface area contributed by atoms with E-state index in [9.17, 15) is 9.59 Å². The number of nitrogens with zero attached hydrogens (tertiary/aromatic N) is 1. The van der Waals surface area contributed by atoms with Gasteiger partial charge in [-0.2, -0.15) is 0 Å². The van der Waals surface area contributed by atoms with Crippen molar-refractivity contribution in [1.82, 2.24) is 10.2 Å². The zero-order valence-electron chi connectivity index (χ0n) is 15.7. The monoisotopic (exact) mass is 364 g/mol. The second kappa shape index (κ2) is 6.72. The molecule has 1 N–H and O–H groups in total. The average Bonchev–Trinajstić information content (AvgIpc) is 3.50. The predicted octanol–water partition coefficient (Wildman–Crippen LogP) is 2.71. The number of ether oxygens (including phenoxy) is 1. The summed E-state index contributed by atoms with van der Waals surface area (Å²) in [6.45, 7) is 0.992. The molecule has 2 aromatic rings. The molecular weight excluding hydrogens is 340 g/mol. The molecule has 1 aliphatic carbocycles. The van der Waals surface area contributed by atoms with Crippen LogP contribution in [0.5, 0.6) is 5.75 Å². The highest BCUT2D eigenvalue weighted by molar-refractivity contribution is 6.00. The van der Waals surface area contributed by atoms with Crippen molar-refractivity contribution in [2.24, 2.45) is 0 Å². The summed E-state index contributed by atoms with van der Waals surface area (Å²) >= 11 is 0. The third kappa shape index (κ3) is 3.07. The Hall–Kier alpha value is -2.82. The molecule has 5 nitrogen and oxygen atoms in total. The van der Waals surface area contributed by atoms with Gasteiger partial charge in [0.2, 0.25) is 5.91 Å². The number of fused-ring (bicyclic) bond motifs is 1. The molecule has 2 aliphatic rings. The Balaban J connectivity index is 1.52. The van der Waals surface area contributed by atoms with Crippen molar-refractivity contribution in [3.8, 4) is 5.75 Å². The number of carbonyl (C=O) groups is 2. The first kappa shape index (κ1) is 17.6. The zero-order valence-corrected chi connectivity index (χ0v) is 15.7. The lowest BCUT2D eigenvalue weighted by Gasteiger charge is -2.31. The fourth-order valence-corrected chi connectivity index (χ4v) is 4.04. The third-order valence-electron chi connectivity index (χ3n) is 5.82. The van der Waals surface area contributed by atoms with Crippen LogP contribution in [0.2, 0.25) is 0 Å². The summed E-state index contributed by atoms with van der Waals surface area (Å²) in [6, 6.07) is 15.4. The maximum atomic E-state index is 13.0. The molecule has 1 aliphatic heterocycles. The highest BCUT2D eigenvalue weighted by atomic mass is 16.5. The first-order valence-corrected chi connectivity index (χ1v) is 9.31. The molecule has 0 saturated heterocycles. The van der Waals surface area contributed by atoms with E-state index >= 15 is 0 Å². The van der Waals surface area contributed by atoms with Crippen molar-refractivity contribution < 1.29 is 14.3 Å². The summed E-state index contributed by atoms with van der Waals surface area (Å²) in [7, 11) is 3.43. The Morgan fingerprint density at radius 3 is 2.63 bits per heavy atom. The summed E-state index contributed by atoms with van der Waals surface area (Å²) in [5.74, 6) is 0.486. The van der Waals surface area contributed by atoms with Gasteiger partial charge in [-0.3, -0.25) is 9.59 Å². The first-order chi connectivity index (χ1) is 13.1. The number of hydrogen-bond donors (Lipinski definition) is 1. The summed E-state index contributed by atoms with van der Waals surface area (Å²) in [5.41, 5.74) is 2.56. The first-order valence-electron chi connectivity index (χ1n) is 9.31. The van der Waals surface area contributed by atoms with Gasteiger partial charge in [0.1, 0.15) is 5.75 Å². The minimum absolute atomic E-state index is 0.0250. The molecule has 0 bridgehead atoms. The molecule has 27 heavy (non-hydrogen) atoms. The van der Waals surface area contributed by atoms with E-state index in [0.29, 0.717) is 18.7 Å². The zero-order chi connectivity index (χ0) is 19.0. The number of nitrogens with one attached hydrogen (secondary N) is 1. The number of para-hydroxylation sites is 1. The lowest BCUT2D eigenvalue weighted by molar-refractivity contribution is -0.123. The molecule has 2 amide bonds. The van der Waals surface area contributed by atoms with Gasteiger partial charge in [-0.05, 0) is 30.5 Å². The lowest BCUT2D eigenvalue weighted by Crippen LogP contribution is -2.44. The molecule has 0 radical (unpaired) electrons. The van der Waals surface area contributed by atoms with Crippen molar-refractivity contribution in [2.45, 2.75) is 24.2 Å². The van der Waals surface area contributed by atoms with Crippen LogP contribution in [0, 0.1) is 0 Å². The predicted molar refractivity (Wildman–Crippen MR) is 103 cm³/mol. The number of likely N-dealkylation sites (N-methyl/N-ethyl adjacent to an activating group) is 1. The average molecular weight is 364 g/mol. The van der Waals surface area contributed by atoms with E-state index in [1.54, 1.807) is 25.1 Å². The van der Waals surface area contributed by atoms with Crippen molar-refractivity contribution in [3.63, 3.8) is 0 Å². The largest absolute Gasteiger partial charge is 0.496 e. The van der Waals surface area contributed by atoms with Gasteiger partial charge in [0.15, 0.2) is 0 Å². The standard InChI is InChI=1S/C22H24N2O3/c1-24-13-17(15-7-3-4-8-16(15)21(24)26)20(25)23-14-22(11-12-22)18-9-5-6-10-19(18)27-2/h3-10,17H,11-14H2,1-2H3,(H,23,25). The number of amides is 2. The maximum Gasteiger partial charge on any atom is 0.253 e. The van der Waals surface area contributed by atoms with E-state index in [1.165, 1.54) is 0 Å². The number of hydrogen-bond acceptors (Lipinski definition) is 3. The van der Waals surface area contributed by atoms with Gasteiger partial charge in [0.05, 0.1) is 13.0 Å². The van der Waals surface area contributed by atoms with E-state index in [4.69, 9.17) is 4.74 Å². The molecule has 1 saturated carbocycles. The number of carbonyl (C=O) groups excluding carboxylic acids is 2. The van der Waals surface area contributed by atoms with E-state index in [0.717, 1.165) is 29.7 Å². The highest BCUT2D eigenvalue weighted by Crippen LogP contribution is 2.50. The van der Waals surface area contributed by atoms with Crippen LogP contribution in [-0.4, -0.2) is 44.0 Å². The normalized spacial score (nSPS) is 20.0. The Morgan fingerprint density at radius 1 is 1.19 bits per heavy atom. The molecule has 0 spiro atoms. The lowest BCUT2D eigenvalue weighted by atomic mass is 9.88. The molecule has 5 heteroatoms. The van der Waals surface area contributed by atoms with Crippen molar-refractivity contribution >= 4 is 11.8 Å². The minimum atomic E-state index is -0.336. The molecule has 2 aromatic carbocycles. The Kier molecular flexibility index (Phi) is 4.38. The second-order valence-electron chi connectivity index (χ2n) is 7.52. The third-order valence-corrected chi connectivity index (χ3v) is 5.82. The molecule has 1 fully saturated rings. The fourth-order valence-electron chi connectivity index (χ4n) is 4.04. The van der Waals surface area contributed by atoms with Crippen LogP contribution in [0.1, 0.15) is 40.2 Å². The molecule has 0 aromatic heterocycles. The van der Waals surface area contributed by atoms with E-state index in [1.807, 2.05) is 36.4 Å². The van der Waals surface area contributed by atoms with Crippen molar-refractivity contribution in [2.75, 3.05) is 27.2 Å².